The molecular formula is C25H27ClF2N4O2. The van der Waals surface area contributed by atoms with Crippen molar-refractivity contribution in [1.82, 2.24) is 9.88 Å². The molecule has 0 bridgehead atoms. The SMILES string of the molecule is CC1=CC(Nc2ccc(F)c(CC3(C(=O)O)CCN(Cc4cccc(Cl)c4F)C(C)C3)n2)=NC1. The average molecular weight is 489 g/mol. The van der Waals surface area contributed by atoms with Gasteiger partial charge in [-0.05, 0) is 63.1 Å². The number of carboxylic acid groups (broad SMARTS) is 1. The van der Waals surface area contributed by atoms with Crippen LogP contribution in [-0.2, 0) is 17.8 Å². The van der Waals surface area contributed by atoms with E-state index < -0.39 is 23.0 Å². The number of hydrogen-bond acceptors (Lipinski definition) is 5. The lowest BCUT2D eigenvalue weighted by molar-refractivity contribution is -0.153. The molecule has 3 heterocycles. The minimum Gasteiger partial charge on any atom is -0.481 e. The van der Waals surface area contributed by atoms with Gasteiger partial charge in [-0.15, -0.1) is 0 Å². The summed E-state index contributed by atoms with van der Waals surface area (Å²) in [6.07, 6.45) is 2.44. The highest BCUT2D eigenvalue weighted by atomic mass is 35.5. The van der Waals surface area contributed by atoms with Gasteiger partial charge in [0.1, 0.15) is 23.3 Å². The van der Waals surface area contributed by atoms with Crippen LogP contribution in [0.5, 0.6) is 0 Å². The summed E-state index contributed by atoms with van der Waals surface area (Å²) in [7, 11) is 0. The van der Waals surface area contributed by atoms with E-state index in [2.05, 4.69) is 15.3 Å². The monoisotopic (exact) mass is 488 g/mol. The van der Waals surface area contributed by atoms with E-state index in [1.165, 1.54) is 18.2 Å². The number of amidine groups is 1. The highest BCUT2D eigenvalue weighted by Crippen LogP contribution is 2.39. The van der Waals surface area contributed by atoms with Crippen LogP contribution in [0.15, 0.2) is 47.0 Å². The molecule has 2 unspecified atom stereocenters. The van der Waals surface area contributed by atoms with Crippen LogP contribution in [0.4, 0.5) is 14.6 Å². The van der Waals surface area contributed by atoms with Crippen molar-refractivity contribution in [2.75, 3.05) is 18.4 Å². The van der Waals surface area contributed by atoms with Gasteiger partial charge in [0.05, 0.1) is 22.7 Å². The molecular weight excluding hydrogens is 462 g/mol. The van der Waals surface area contributed by atoms with E-state index in [9.17, 15) is 18.7 Å². The number of rotatable bonds is 6. The molecule has 6 nitrogen and oxygen atoms in total. The zero-order chi connectivity index (χ0) is 24.5. The van der Waals surface area contributed by atoms with Gasteiger partial charge in [-0.25, -0.2) is 13.8 Å². The first-order valence-electron chi connectivity index (χ1n) is 11.2. The molecule has 2 N–H and O–H groups in total. The maximum atomic E-state index is 14.7. The summed E-state index contributed by atoms with van der Waals surface area (Å²) in [5, 5.41) is 13.3. The Labute approximate surface area is 202 Å². The van der Waals surface area contributed by atoms with Crippen LogP contribution in [0.2, 0.25) is 5.02 Å². The Balaban J connectivity index is 1.51. The summed E-state index contributed by atoms with van der Waals surface area (Å²) >= 11 is 5.90. The molecule has 2 aromatic rings. The lowest BCUT2D eigenvalue weighted by atomic mass is 9.72. The first kappa shape index (κ1) is 24.3. The van der Waals surface area contributed by atoms with Crippen molar-refractivity contribution < 1.29 is 18.7 Å². The summed E-state index contributed by atoms with van der Waals surface area (Å²) in [5.41, 5.74) is 0.505. The van der Waals surface area contributed by atoms with E-state index in [1.807, 2.05) is 24.8 Å². The maximum Gasteiger partial charge on any atom is 0.310 e. The number of halogens is 3. The van der Waals surface area contributed by atoms with Crippen molar-refractivity contribution in [1.29, 1.82) is 0 Å². The number of aliphatic imine (C=N–C) groups is 1. The number of benzene rings is 1. The lowest BCUT2D eigenvalue weighted by Gasteiger charge is -2.43. The number of pyridine rings is 1. The summed E-state index contributed by atoms with van der Waals surface area (Å²) in [5.74, 6) is -0.915. The number of piperidine rings is 1. The summed E-state index contributed by atoms with van der Waals surface area (Å²) in [4.78, 5) is 23.2. The third kappa shape index (κ3) is 5.13. The van der Waals surface area contributed by atoms with Crippen LogP contribution in [0, 0.1) is 17.0 Å². The highest BCUT2D eigenvalue weighted by Gasteiger charge is 2.45. The van der Waals surface area contributed by atoms with Gasteiger partial charge in [-0.1, -0.05) is 23.7 Å². The van der Waals surface area contributed by atoms with Crippen LogP contribution < -0.4 is 5.32 Å². The number of nitrogens with zero attached hydrogens (tertiary/aromatic N) is 3. The molecule has 2 aliphatic rings. The first-order valence-corrected chi connectivity index (χ1v) is 11.6. The smallest absolute Gasteiger partial charge is 0.310 e. The predicted molar refractivity (Wildman–Crippen MR) is 128 cm³/mol. The Bertz CT molecular complexity index is 1170. The number of carbonyl (C=O) groups is 1. The Morgan fingerprint density at radius 3 is 2.79 bits per heavy atom. The van der Waals surface area contributed by atoms with E-state index in [-0.39, 0.29) is 29.6 Å². The minimum atomic E-state index is -1.17. The molecule has 0 saturated carbocycles. The molecule has 9 heteroatoms. The standard InChI is InChI=1S/C25H27ClF2N4O2/c1-15-10-22(29-13-15)31-21-7-6-19(27)20(30-21)12-25(24(33)34)8-9-32(16(2)11-25)14-17-4-3-5-18(26)23(17)28/h3-7,10,16H,8-9,11-14H2,1-2H3,(H,33,34)(H,29,30,31). The quantitative estimate of drug-likeness (QED) is 0.592. The molecule has 1 fully saturated rings. The number of anilines is 1. The average Bonchev–Trinajstić information content (AvgIpc) is 3.20. The lowest BCUT2D eigenvalue weighted by Crippen LogP contribution is -2.50. The second-order valence-corrected chi connectivity index (χ2v) is 9.60. The Morgan fingerprint density at radius 1 is 1.32 bits per heavy atom. The van der Waals surface area contributed by atoms with Gasteiger partial charge in [-0.3, -0.25) is 14.7 Å². The fourth-order valence-electron chi connectivity index (χ4n) is 4.67. The first-order chi connectivity index (χ1) is 16.2. The van der Waals surface area contributed by atoms with E-state index in [0.717, 1.165) is 5.57 Å². The van der Waals surface area contributed by atoms with Gasteiger partial charge in [0, 0.05) is 24.6 Å². The van der Waals surface area contributed by atoms with E-state index in [4.69, 9.17) is 11.6 Å². The van der Waals surface area contributed by atoms with Crippen molar-refractivity contribution in [2.45, 2.75) is 45.7 Å². The molecule has 1 aromatic heterocycles. The Hall–Kier alpha value is -2.84. The molecule has 34 heavy (non-hydrogen) atoms. The van der Waals surface area contributed by atoms with E-state index >= 15 is 0 Å². The van der Waals surface area contributed by atoms with Crippen LogP contribution in [0.25, 0.3) is 0 Å². The molecule has 0 radical (unpaired) electrons. The fraction of sp³-hybridized carbons (Fsp3) is 0.400. The molecule has 2 atom stereocenters. The summed E-state index contributed by atoms with van der Waals surface area (Å²) < 4.78 is 29.1. The zero-order valence-corrected chi connectivity index (χ0v) is 19.9. The van der Waals surface area contributed by atoms with Gasteiger partial charge in [0.25, 0.3) is 0 Å². The zero-order valence-electron chi connectivity index (χ0n) is 19.1. The number of carboxylic acids is 1. The minimum absolute atomic E-state index is 0.0330. The number of likely N-dealkylation sites (tertiary alicyclic amines) is 1. The van der Waals surface area contributed by atoms with Crippen LogP contribution in [-0.4, -0.2) is 45.9 Å². The molecule has 1 saturated heterocycles. The van der Waals surface area contributed by atoms with Crippen molar-refractivity contribution in [3.8, 4) is 0 Å². The molecule has 1 aromatic carbocycles. The van der Waals surface area contributed by atoms with Gasteiger partial charge in [0.15, 0.2) is 0 Å². The van der Waals surface area contributed by atoms with Crippen molar-refractivity contribution in [3.63, 3.8) is 0 Å². The fourth-order valence-corrected chi connectivity index (χ4v) is 4.86. The van der Waals surface area contributed by atoms with Gasteiger partial charge >= 0.3 is 5.97 Å². The van der Waals surface area contributed by atoms with Crippen LogP contribution in [0.3, 0.4) is 0 Å². The predicted octanol–water partition coefficient (Wildman–Crippen LogP) is 5.08. The van der Waals surface area contributed by atoms with Crippen molar-refractivity contribution in [2.24, 2.45) is 10.4 Å². The molecule has 4 rings (SSSR count). The van der Waals surface area contributed by atoms with Gasteiger partial charge in [0.2, 0.25) is 0 Å². The highest BCUT2D eigenvalue weighted by molar-refractivity contribution is 6.30. The normalized spacial score (nSPS) is 22.9. The third-order valence-electron chi connectivity index (χ3n) is 6.61. The second-order valence-electron chi connectivity index (χ2n) is 9.19. The Morgan fingerprint density at radius 2 is 2.12 bits per heavy atom. The molecule has 0 amide bonds. The number of aromatic nitrogens is 1. The van der Waals surface area contributed by atoms with E-state index in [1.54, 1.807) is 12.1 Å². The summed E-state index contributed by atoms with van der Waals surface area (Å²) in [6, 6.07) is 7.52. The third-order valence-corrected chi connectivity index (χ3v) is 6.90. The number of nitrogens with one attached hydrogen (secondary N) is 1. The van der Waals surface area contributed by atoms with Gasteiger partial charge in [-0.2, -0.15) is 0 Å². The van der Waals surface area contributed by atoms with Crippen LogP contribution in [0.1, 0.15) is 37.9 Å². The Kier molecular flexibility index (Phi) is 7.00. The van der Waals surface area contributed by atoms with Gasteiger partial charge < -0.3 is 10.4 Å². The molecule has 2 aliphatic heterocycles. The van der Waals surface area contributed by atoms with E-state index in [0.29, 0.717) is 43.3 Å². The summed E-state index contributed by atoms with van der Waals surface area (Å²) in [6.45, 7) is 5.23. The maximum absolute atomic E-state index is 14.7. The second kappa shape index (κ2) is 9.80. The van der Waals surface area contributed by atoms with Crippen molar-refractivity contribution in [3.05, 3.63) is 69.9 Å². The molecule has 180 valence electrons. The number of aliphatic carboxylic acids is 1. The van der Waals surface area contributed by atoms with Crippen molar-refractivity contribution >= 4 is 29.2 Å². The number of hydrogen-bond donors (Lipinski definition) is 2. The largest absolute Gasteiger partial charge is 0.481 e. The topological polar surface area (TPSA) is 77.8 Å². The molecule has 0 aliphatic carbocycles. The molecule has 0 spiro atoms. The van der Waals surface area contributed by atoms with Crippen LogP contribution >= 0.6 is 11.6 Å².